The van der Waals surface area contributed by atoms with Crippen LogP contribution < -0.4 is 10.6 Å². The fourth-order valence-electron chi connectivity index (χ4n) is 2.61. The number of hydrogen-bond acceptors (Lipinski definition) is 3. The van der Waals surface area contributed by atoms with E-state index in [9.17, 15) is 9.59 Å². The zero-order chi connectivity index (χ0) is 15.4. The molecule has 1 fully saturated rings. The van der Waals surface area contributed by atoms with Gasteiger partial charge in [0.05, 0.1) is 5.56 Å². The molecule has 2 aromatic rings. The Morgan fingerprint density at radius 3 is 2.86 bits per heavy atom. The molecule has 6 heteroatoms. The molecule has 6 nitrogen and oxygen atoms in total. The molecule has 1 aliphatic rings. The molecule has 2 amide bonds. The summed E-state index contributed by atoms with van der Waals surface area (Å²) in [4.78, 5) is 27.0. The van der Waals surface area contributed by atoms with Gasteiger partial charge in [-0.1, -0.05) is 18.2 Å². The van der Waals surface area contributed by atoms with Crippen molar-refractivity contribution in [2.45, 2.75) is 18.9 Å². The average molecular weight is 301 g/mol. The van der Waals surface area contributed by atoms with E-state index in [0.29, 0.717) is 25.3 Å². The maximum atomic E-state index is 12.2. The summed E-state index contributed by atoms with van der Waals surface area (Å²) in [6.07, 6.45) is 3.07. The summed E-state index contributed by atoms with van der Waals surface area (Å²) >= 11 is 0. The normalized spacial score (nSPS) is 17.5. The van der Waals surface area contributed by atoms with Crippen molar-refractivity contribution in [2.24, 2.45) is 0 Å². The van der Waals surface area contributed by atoms with Crippen molar-refractivity contribution in [1.82, 2.24) is 15.6 Å². The van der Waals surface area contributed by atoms with E-state index in [-0.39, 0.29) is 17.9 Å². The van der Waals surface area contributed by atoms with Gasteiger partial charge in [0.25, 0.3) is 5.91 Å². The van der Waals surface area contributed by atoms with Gasteiger partial charge in [-0.3, -0.25) is 9.59 Å². The standard InChI is InChI=1S/C16H19N3O3/c20-15(12-10-19-13-5-2-1-4-11(12)13)17-7-8-18-16(21)14-6-3-9-22-14/h1-2,4-5,10,14,19H,3,6-9H2,(H,17,20)(H,18,21)/t14-/m0/s1. The van der Waals surface area contributed by atoms with Crippen molar-refractivity contribution in [1.29, 1.82) is 0 Å². The van der Waals surface area contributed by atoms with Crippen molar-refractivity contribution in [2.75, 3.05) is 19.7 Å². The Bertz CT molecular complexity index is 674. The number of amides is 2. The average Bonchev–Trinajstić information content (AvgIpc) is 3.20. The highest BCUT2D eigenvalue weighted by Gasteiger charge is 2.22. The summed E-state index contributed by atoms with van der Waals surface area (Å²) in [6.45, 7) is 1.43. The molecule has 0 aliphatic carbocycles. The Morgan fingerprint density at radius 1 is 1.23 bits per heavy atom. The summed E-state index contributed by atoms with van der Waals surface area (Å²) in [5.74, 6) is -0.248. The van der Waals surface area contributed by atoms with E-state index in [1.807, 2.05) is 24.3 Å². The predicted molar refractivity (Wildman–Crippen MR) is 82.6 cm³/mol. The van der Waals surface area contributed by atoms with Crippen molar-refractivity contribution >= 4 is 22.7 Å². The van der Waals surface area contributed by atoms with Gasteiger partial charge in [-0.15, -0.1) is 0 Å². The molecule has 3 rings (SSSR count). The lowest BCUT2D eigenvalue weighted by atomic mass is 10.1. The molecule has 0 saturated carbocycles. The number of benzene rings is 1. The lowest BCUT2D eigenvalue weighted by Gasteiger charge is -2.10. The van der Waals surface area contributed by atoms with Crippen LogP contribution in [0, 0.1) is 0 Å². The summed E-state index contributed by atoms with van der Waals surface area (Å²) in [6, 6.07) is 7.64. The van der Waals surface area contributed by atoms with E-state index < -0.39 is 0 Å². The number of hydrogen-bond donors (Lipinski definition) is 3. The monoisotopic (exact) mass is 301 g/mol. The molecule has 116 valence electrons. The number of ether oxygens (including phenoxy) is 1. The Hall–Kier alpha value is -2.34. The zero-order valence-electron chi connectivity index (χ0n) is 12.2. The lowest BCUT2D eigenvalue weighted by Crippen LogP contribution is -2.39. The van der Waals surface area contributed by atoms with Gasteiger partial charge in [0.15, 0.2) is 0 Å². The molecule has 1 atom stereocenters. The van der Waals surface area contributed by atoms with Crippen LogP contribution in [0.15, 0.2) is 30.5 Å². The fraction of sp³-hybridized carbons (Fsp3) is 0.375. The SMILES string of the molecule is O=C(NCCNC(=O)[C@@H]1CCCO1)c1c[nH]c2ccccc12. The van der Waals surface area contributed by atoms with Gasteiger partial charge in [0, 0.05) is 36.8 Å². The summed E-state index contributed by atoms with van der Waals surface area (Å²) in [5, 5.41) is 6.48. The van der Waals surface area contributed by atoms with Crippen molar-refractivity contribution in [3.63, 3.8) is 0 Å². The summed E-state index contributed by atoms with van der Waals surface area (Å²) in [5.41, 5.74) is 1.54. The highest BCUT2D eigenvalue weighted by molar-refractivity contribution is 6.06. The smallest absolute Gasteiger partial charge is 0.253 e. The molecule has 1 aromatic carbocycles. The van der Waals surface area contributed by atoms with Gasteiger partial charge in [-0.25, -0.2) is 0 Å². The molecular weight excluding hydrogens is 282 g/mol. The second-order valence-electron chi connectivity index (χ2n) is 5.30. The number of nitrogens with one attached hydrogen (secondary N) is 3. The van der Waals surface area contributed by atoms with E-state index in [1.165, 1.54) is 0 Å². The number of H-pyrrole nitrogens is 1. The van der Waals surface area contributed by atoms with Crippen molar-refractivity contribution in [3.05, 3.63) is 36.0 Å². The largest absolute Gasteiger partial charge is 0.368 e. The van der Waals surface area contributed by atoms with Crippen LogP contribution >= 0.6 is 0 Å². The van der Waals surface area contributed by atoms with Gasteiger partial charge in [0.1, 0.15) is 6.10 Å². The first-order valence-electron chi connectivity index (χ1n) is 7.49. The zero-order valence-corrected chi connectivity index (χ0v) is 12.2. The summed E-state index contributed by atoms with van der Waals surface area (Å²) in [7, 11) is 0. The molecule has 22 heavy (non-hydrogen) atoms. The second-order valence-corrected chi connectivity index (χ2v) is 5.30. The third-order valence-electron chi connectivity index (χ3n) is 3.77. The third-order valence-corrected chi connectivity index (χ3v) is 3.77. The highest BCUT2D eigenvalue weighted by Crippen LogP contribution is 2.17. The molecule has 0 spiro atoms. The van der Waals surface area contributed by atoms with Crippen LogP contribution in [0.5, 0.6) is 0 Å². The van der Waals surface area contributed by atoms with Gasteiger partial charge in [0.2, 0.25) is 5.91 Å². The molecular formula is C16H19N3O3. The summed E-state index contributed by atoms with van der Waals surface area (Å²) < 4.78 is 5.30. The molecule has 1 aromatic heterocycles. The van der Waals surface area contributed by atoms with Crippen LogP contribution in [-0.4, -0.2) is 42.6 Å². The van der Waals surface area contributed by atoms with Crippen LogP contribution in [0.2, 0.25) is 0 Å². The number of carbonyl (C=O) groups is 2. The van der Waals surface area contributed by atoms with Gasteiger partial charge in [-0.2, -0.15) is 0 Å². The second kappa shape index (κ2) is 6.62. The van der Waals surface area contributed by atoms with Crippen molar-refractivity contribution in [3.8, 4) is 0 Å². The van der Waals surface area contributed by atoms with Gasteiger partial charge in [-0.05, 0) is 18.9 Å². The first-order valence-corrected chi connectivity index (χ1v) is 7.49. The topological polar surface area (TPSA) is 83.2 Å². The molecule has 2 heterocycles. The minimum atomic E-state index is -0.329. The van der Waals surface area contributed by atoms with Crippen molar-refractivity contribution < 1.29 is 14.3 Å². The van der Waals surface area contributed by atoms with Crippen LogP contribution in [0.1, 0.15) is 23.2 Å². The number of fused-ring (bicyclic) bond motifs is 1. The molecule has 0 radical (unpaired) electrons. The van der Waals surface area contributed by atoms with E-state index in [2.05, 4.69) is 15.6 Å². The minimum absolute atomic E-state index is 0.0983. The van der Waals surface area contributed by atoms with Gasteiger partial charge >= 0.3 is 0 Å². The fourth-order valence-corrected chi connectivity index (χ4v) is 2.61. The third kappa shape index (κ3) is 3.12. The van der Waals surface area contributed by atoms with Crippen LogP contribution in [0.25, 0.3) is 10.9 Å². The number of rotatable bonds is 5. The number of para-hydroxylation sites is 1. The molecule has 1 saturated heterocycles. The highest BCUT2D eigenvalue weighted by atomic mass is 16.5. The van der Waals surface area contributed by atoms with Gasteiger partial charge < -0.3 is 20.4 Å². The Labute approximate surface area is 128 Å². The number of aromatic nitrogens is 1. The van der Waals surface area contributed by atoms with E-state index >= 15 is 0 Å². The molecule has 3 N–H and O–H groups in total. The minimum Gasteiger partial charge on any atom is -0.368 e. The first kappa shape index (κ1) is 14.6. The maximum Gasteiger partial charge on any atom is 0.253 e. The Kier molecular flexibility index (Phi) is 4.39. The number of aromatic amines is 1. The van der Waals surface area contributed by atoms with E-state index in [1.54, 1.807) is 6.20 Å². The van der Waals surface area contributed by atoms with E-state index in [0.717, 1.165) is 23.7 Å². The van der Waals surface area contributed by atoms with Crippen LogP contribution in [0.4, 0.5) is 0 Å². The molecule has 0 bridgehead atoms. The lowest BCUT2D eigenvalue weighted by molar-refractivity contribution is -0.129. The molecule has 1 aliphatic heterocycles. The molecule has 0 unspecified atom stereocenters. The van der Waals surface area contributed by atoms with Crippen LogP contribution in [-0.2, 0) is 9.53 Å². The Morgan fingerprint density at radius 2 is 2.05 bits per heavy atom. The number of carbonyl (C=O) groups excluding carboxylic acids is 2. The first-order chi connectivity index (χ1) is 10.8. The predicted octanol–water partition coefficient (Wildman–Crippen LogP) is 1.19. The quantitative estimate of drug-likeness (QED) is 0.726. The van der Waals surface area contributed by atoms with E-state index in [4.69, 9.17) is 4.74 Å². The maximum absolute atomic E-state index is 12.2. The Balaban J connectivity index is 1.47. The van der Waals surface area contributed by atoms with Crippen LogP contribution in [0.3, 0.4) is 0 Å².